The molecule has 3 nitrogen and oxygen atoms in total. The first-order chi connectivity index (χ1) is 13.0. The Kier molecular flexibility index (Phi) is 6.43. The van der Waals surface area contributed by atoms with Gasteiger partial charge in [-0.05, 0) is 59.7 Å². The van der Waals surface area contributed by atoms with Crippen LogP contribution in [0.5, 0.6) is 11.5 Å². The van der Waals surface area contributed by atoms with Crippen LogP contribution < -0.4 is 14.8 Å². The van der Waals surface area contributed by atoms with E-state index >= 15 is 0 Å². The molecule has 0 amide bonds. The SMILES string of the molecule is COc1cc(CNc2ccc(F)cc2)cc(Cl)c1OCc1cccc(Cl)c1. The highest BCUT2D eigenvalue weighted by atomic mass is 35.5. The molecule has 0 atom stereocenters. The van der Waals surface area contributed by atoms with E-state index in [0.29, 0.717) is 34.7 Å². The van der Waals surface area contributed by atoms with Gasteiger partial charge in [-0.2, -0.15) is 0 Å². The Morgan fingerprint density at radius 3 is 2.44 bits per heavy atom. The predicted octanol–water partition coefficient (Wildman–Crippen LogP) is 6.33. The average Bonchev–Trinajstić information content (AvgIpc) is 2.66. The number of ether oxygens (including phenoxy) is 2. The minimum Gasteiger partial charge on any atom is -0.493 e. The number of hydrogen-bond donors (Lipinski definition) is 1. The van der Waals surface area contributed by atoms with Crippen LogP contribution in [-0.2, 0) is 13.2 Å². The normalized spacial score (nSPS) is 10.5. The number of benzene rings is 3. The van der Waals surface area contributed by atoms with Crippen molar-refractivity contribution in [3.63, 3.8) is 0 Å². The second-order valence-electron chi connectivity index (χ2n) is 5.89. The molecule has 0 spiro atoms. The molecular weight excluding hydrogens is 388 g/mol. The third-order valence-corrected chi connectivity index (χ3v) is 4.42. The van der Waals surface area contributed by atoms with Crippen LogP contribution in [0.1, 0.15) is 11.1 Å². The van der Waals surface area contributed by atoms with E-state index in [1.54, 1.807) is 19.2 Å². The standard InChI is InChI=1S/C21H18Cl2FNO2/c1-26-20-11-15(12-25-18-7-5-17(24)6-8-18)10-19(23)21(20)27-13-14-3-2-4-16(22)9-14/h2-11,25H,12-13H2,1H3. The summed E-state index contributed by atoms with van der Waals surface area (Å²) in [5.41, 5.74) is 2.66. The van der Waals surface area contributed by atoms with Crippen molar-refractivity contribution in [3.8, 4) is 11.5 Å². The maximum atomic E-state index is 13.0. The molecule has 3 aromatic rings. The van der Waals surface area contributed by atoms with E-state index in [1.165, 1.54) is 12.1 Å². The zero-order chi connectivity index (χ0) is 19.2. The molecule has 27 heavy (non-hydrogen) atoms. The van der Waals surface area contributed by atoms with E-state index in [9.17, 15) is 4.39 Å². The Hall–Kier alpha value is -2.43. The fraction of sp³-hybridized carbons (Fsp3) is 0.143. The summed E-state index contributed by atoms with van der Waals surface area (Å²) in [5, 5.41) is 4.31. The maximum absolute atomic E-state index is 13.0. The summed E-state index contributed by atoms with van der Waals surface area (Å²) >= 11 is 12.4. The minimum atomic E-state index is -0.272. The summed E-state index contributed by atoms with van der Waals surface area (Å²) in [4.78, 5) is 0. The fourth-order valence-corrected chi connectivity index (χ4v) is 3.07. The topological polar surface area (TPSA) is 30.5 Å². The van der Waals surface area contributed by atoms with Crippen LogP contribution in [0, 0.1) is 5.82 Å². The Morgan fingerprint density at radius 1 is 0.963 bits per heavy atom. The van der Waals surface area contributed by atoms with E-state index in [4.69, 9.17) is 32.7 Å². The summed E-state index contributed by atoms with van der Waals surface area (Å²) in [6.07, 6.45) is 0. The van der Waals surface area contributed by atoms with Gasteiger partial charge in [0.1, 0.15) is 12.4 Å². The summed E-state index contributed by atoms with van der Waals surface area (Å²) in [5.74, 6) is 0.747. The smallest absolute Gasteiger partial charge is 0.180 e. The number of methoxy groups -OCH3 is 1. The molecule has 0 unspecified atom stereocenters. The maximum Gasteiger partial charge on any atom is 0.180 e. The summed E-state index contributed by atoms with van der Waals surface area (Å²) in [7, 11) is 1.56. The quantitative estimate of drug-likeness (QED) is 0.497. The molecule has 0 radical (unpaired) electrons. The lowest BCUT2D eigenvalue weighted by Crippen LogP contribution is -2.02. The van der Waals surface area contributed by atoms with E-state index in [0.717, 1.165) is 16.8 Å². The number of anilines is 1. The lowest BCUT2D eigenvalue weighted by Gasteiger charge is -2.15. The van der Waals surface area contributed by atoms with Crippen molar-refractivity contribution in [1.29, 1.82) is 0 Å². The van der Waals surface area contributed by atoms with Crippen molar-refractivity contribution in [1.82, 2.24) is 0 Å². The van der Waals surface area contributed by atoms with Gasteiger partial charge in [0, 0.05) is 17.3 Å². The molecule has 0 saturated carbocycles. The highest BCUT2D eigenvalue weighted by molar-refractivity contribution is 6.32. The summed E-state index contributed by atoms with van der Waals surface area (Å²) in [6.45, 7) is 0.833. The van der Waals surface area contributed by atoms with Crippen LogP contribution in [0.4, 0.5) is 10.1 Å². The van der Waals surface area contributed by atoms with Gasteiger partial charge in [0.15, 0.2) is 11.5 Å². The first kappa shape index (κ1) is 19.3. The van der Waals surface area contributed by atoms with Gasteiger partial charge < -0.3 is 14.8 Å². The van der Waals surface area contributed by atoms with Gasteiger partial charge in [0.25, 0.3) is 0 Å². The van der Waals surface area contributed by atoms with E-state index in [1.807, 2.05) is 36.4 Å². The second kappa shape index (κ2) is 8.98. The van der Waals surface area contributed by atoms with Crippen LogP contribution in [0.3, 0.4) is 0 Å². The van der Waals surface area contributed by atoms with Crippen LogP contribution in [-0.4, -0.2) is 7.11 Å². The Morgan fingerprint density at radius 2 is 1.74 bits per heavy atom. The molecule has 0 fully saturated rings. The van der Waals surface area contributed by atoms with Gasteiger partial charge in [-0.3, -0.25) is 0 Å². The molecule has 3 rings (SSSR count). The number of hydrogen-bond acceptors (Lipinski definition) is 3. The monoisotopic (exact) mass is 405 g/mol. The van der Waals surface area contributed by atoms with Crippen molar-refractivity contribution < 1.29 is 13.9 Å². The molecule has 0 aliphatic rings. The van der Waals surface area contributed by atoms with E-state index < -0.39 is 0 Å². The molecule has 6 heteroatoms. The summed E-state index contributed by atoms with van der Waals surface area (Å²) in [6, 6.07) is 17.3. The highest BCUT2D eigenvalue weighted by Crippen LogP contribution is 2.37. The molecule has 0 saturated heterocycles. The van der Waals surface area contributed by atoms with Crippen LogP contribution >= 0.6 is 23.2 Å². The van der Waals surface area contributed by atoms with Crippen molar-refractivity contribution in [2.24, 2.45) is 0 Å². The number of halogens is 3. The fourth-order valence-electron chi connectivity index (χ4n) is 2.57. The van der Waals surface area contributed by atoms with E-state index in [-0.39, 0.29) is 5.82 Å². The van der Waals surface area contributed by atoms with Crippen molar-refractivity contribution in [2.45, 2.75) is 13.2 Å². The number of nitrogens with one attached hydrogen (secondary N) is 1. The molecule has 140 valence electrons. The zero-order valence-corrected chi connectivity index (χ0v) is 16.1. The van der Waals surface area contributed by atoms with Crippen LogP contribution in [0.15, 0.2) is 60.7 Å². The Bertz CT molecular complexity index is 917. The first-order valence-corrected chi connectivity index (χ1v) is 9.04. The first-order valence-electron chi connectivity index (χ1n) is 8.28. The largest absolute Gasteiger partial charge is 0.493 e. The Labute approximate surface area is 167 Å². The molecular formula is C21H18Cl2FNO2. The molecule has 3 aromatic carbocycles. The van der Waals surface area contributed by atoms with Gasteiger partial charge in [-0.15, -0.1) is 0 Å². The second-order valence-corrected chi connectivity index (χ2v) is 6.73. The van der Waals surface area contributed by atoms with Crippen LogP contribution in [0.25, 0.3) is 0 Å². The molecule has 0 heterocycles. The third kappa shape index (κ3) is 5.28. The van der Waals surface area contributed by atoms with Crippen LogP contribution in [0.2, 0.25) is 10.0 Å². The molecule has 0 aliphatic heterocycles. The van der Waals surface area contributed by atoms with E-state index in [2.05, 4.69) is 5.32 Å². The van der Waals surface area contributed by atoms with Crippen molar-refractivity contribution in [2.75, 3.05) is 12.4 Å². The third-order valence-electron chi connectivity index (χ3n) is 3.90. The molecule has 1 N–H and O–H groups in total. The van der Waals surface area contributed by atoms with Gasteiger partial charge in [0.05, 0.1) is 12.1 Å². The molecule has 0 bridgehead atoms. The minimum absolute atomic E-state index is 0.272. The van der Waals surface area contributed by atoms with Crippen molar-refractivity contribution in [3.05, 3.63) is 87.7 Å². The van der Waals surface area contributed by atoms with Gasteiger partial charge in [-0.1, -0.05) is 35.3 Å². The highest BCUT2D eigenvalue weighted by Gasteiger charge is 2.12. The lowest BCUT2D eigenvalue weighted by atomic mass is 10.2. The predicted molar refractivity (Wildman–Crippen MR) is 108 cm³/mol. The Balaban J connectivity index is 1.71. The van der Waals surface area contributed by atoms with Gasteiger partial charge in [0.2, 0.25) is 0 Å². The van der Waals surface area contributed by atoms with Crippen molar-refractivity contribution >= 4 is 28.9 Å². The zero-order valence-electron chi connectivity index (χ0n) is 14.6. The number of rotatable bonds is 7. The average molecular weight is 406 g/mol. The van der Waals surface area contributed by atoms with Gasteiger partial charge >= 0.3 is 0 Å². The molecule has 0 aromatic heterocycles. The lowest BCUT2D eigenvalue weighted by molar-refractivity contribution is 0.284. The van der Waals surface area contributed by atoms with Gasteiger partial charge in [-0.25, -0.2) is 4.39 Å². The summed E-state index contributed by atoms with van der Waals surface area (Å²) < 4.78 is 24.3. The molecule has 0 aliphatic carbocycles.